The Bertz CT molecular complexity index is 799. The van der Waals surface area contributed by atoms with Crippen molar-refractivity contribution in [3.05, 3.63) is 47.3 Å². The van der Waals surface area contributed by atoms with Crippen LogP contribution in [0.5, 0.6) is 0 Å². The molecule has 1 aromatic heterocycles. The number of hydrogen-bond donors (Lipinski definition) is 1. The van der Waals surface area contributed by atoms with Crippen molar-refractivity contribution in [1.82, 2.24) is 10.2 Å². The van der Waals surface area contributed by atoms with E-state index in [2.05, 4.69) is 60.9 Å². The van der Waals surface area contributed by atoms with E-state index in [4.69, 9.17) is 0 Å². The Morgan fingerprint density at radius 1 is 1.21 bits per heavy atom. The average Bonchev–Trinajstić information content (AvgIpc) is 3.33. The quantitative estimate of drug-likeness (QED) is 0.753. The molecule has 5 heteroatoms. The van der Waals surface area contributed by atoms with Crippen molar-refractivity contribution in [2.24, 2.45) is 11.3 Å². The van der Waals surface area contributed by atoms with E-state index in [0.29, 0.717) is 38.4 Å². The van der Waals surface area contributed by atoms with E-state index in [-0.39, 0.29) is 11.8 Å². The number of likely N-dealkylation sites (tertiary alicyclic amines) is 1. The van der Waals surface area contributed by atoms with Gasteiger partial charge in [-0.2, -0.15) is 0 Å². The Hall–Kier alpha value is -2.14. The van der Waals surface area contributed by atoms with Gasteiger partial charge in [0.1, 0.15) is 0 Å². The SMILES string of the molecule is CCNC(=O)C1(Cc2ccc(-c3cccs3)cc2)CCN(C(=O)CC(C)C)C1. The maximum absolute atomic E-state index is 13.0. The Kier molecular flexibility index (Phi) is 6.55. The lowest BCUT2D eigenvalue weighted by atomic mass is 9.79. The molecule has 1 aromatic carbocycles. The van der Waals surface area contributed by atoms with Gasteiger partial charge in [-0.05, 0) is 48.3 Å². The van der Waals surface area contributed by atoms with Crippen molar-refractivity contribution in [1.29, 1.82) is 0 Å². The number of benzene rings is 1. The smallest absolute Gasteiger partial charge is 0.228 e. The third-order valence-electron chi connectivity index (χ3n) is 5.41. The molecule has 0 bridgehead atoms. The predicted octanol–water partition coefficient (Wildman–Crippen LogP) is 4.36. The van der Waals surface area contributed by atoms with Crippen LogP contribution in [0.3, 0.4) is 0 Å². The molecule has 1 N–H and O–H groups in total. The van der Waals surface area contributed by atoms with Crippen molar-refractivity contribution in [2.45, 2.75) is 40.0 Å². The molecule has 150 valence electrons. The fraction of sp³-hybridized carbons (Fsp3) is 0.478. The van der Waals surface area contributed by atoms with E-state index in [0.717, 1.165) is 12.0 Å². The zero-order valence-corrected chi connectivity index (χ0v) is 17.8. The molecule has 1 aliphatic rings. The minimum absolute atomic E-state index is 0.0668. The third kappa shape index (κ3) is 4.64. The van der Waals surface area contributed by atoms with Crippen molar-refractivity contribution in [2.75, 3.05) is 19.6 Å². The Balaban J connectivity index is 1.77. The highest BCUT2D eigenvalue weighted by atomic mass is 32.1. The van der Waals surface area contributed by atoms with Crippen LogP contribution in [-0.4, -0.2) is 36.3 Å². The highest BCUT2D eigenvalue weighted by Crippen LogP contribution is 2.36. The first-order chi connectivity index (χ1) is 13.4. The molecule has 1 saturated heterocycles. The van der Waals surface area contributed by atoms with Crippen LogP contribution in [0.2, 0.25) is 0 Å². The summed E-state index contributed by atoms with van der Waals surface area (Å²) >= 11 is 1.73. The van der Waals surface area contributed by atoms with Gasteiger partial charge in [0.05, 0.1) is 5.41 Å². The molecule has 1 atom stereocenters. The van der Waals surface area contributed by atoms with Gasteiger partial charge in [-0.1, -0.05) is 44.2 Å². The van der Waals surface area contributed by atoms with Gasteiger partial charge in [0.2, 0.25) is 11.8 Å². The van der Waals surface area contributed by atoms with Crippen LogP contribution in [-0.2, 0) is 16.0 Å². The van der Waals surface area contributed by atoms with Crippen molar-refractivity contribution in [3.8, 4) is 10.4 Å². The molecule has 0 radical (unpaired) electrons. The lowest BCUT2D eigenvalue weighted by molar-refractivity contribution is -0.133. The van der Waals surface area contributed by atoms with Crippen LogP contribution in [0.4, 0.5) is 0 Å². The first-order valence-electron chi connectivity index (χ1n) is 10.1. The topological polar surface area (TPSA) is 49.4 Å². The maximum atomic E-state index is 13.0. The fourth-order valence-electron chi connectivity index (χ4n) is 3.94. The summed E-state index contributed by atoms with van der Waals surface area (Å²) in [6, 6.07) is 12.7. The molecular weight excluding hydrogens is 368 g/mol. The standard InChI is InChI=1S/C23H30N2O2S/c1-4-24-22(27)23(11-12-25(16-23)21(26)14-17(2)3)15-18-7-9-19(10-8-18)20-6-5-13-28-20/h5-10,13,17H,4,11-12,14-16H2,1-3H3,(H,24,27). The minimum Gasteiger partial charge on any atom is -0.356 e. The molecule has 0 spiro atoms. The second-order valence-corrected chi connectivity index (χ2v) is 9.10. The summed E-state index contributed by atoms with van der Waals surface area (Å²) in [5, 5.41) is 5.09. The van der Waals surface area contributed by atoms with Crippen LogP contribution < -0.4 is 5.32 Å². The summed E-state index contributed by atoms with van der Waals surface area (Å²) in [5.74, 6) is 0.558. The van der Waals surface area contributed by atoms with E-state index in [1.54, 1.807) is 11.3 Å². The number of carbonyl (C=O) groups excluding carboxylic acids is 2. The second-order valence-electron chi connectivity index (χ2n) is 8.15. The zero-order valence-electron chi connectivity index (χ0n) is 17.0. The van der Waals surface area contributed by atoms with Gasteiger partial charge in [-0.3, -0.25) is 9.59 Å². The normalized spacial score (nSPS) is 19.2. The van der Waals surface area contributed by atoms with Crippen LogP contribution in [0, 0.1) is 11.3 Å². The summed E-state index contributed by atoms with van der Waals surface area (Å²) in [7, 11) is 0. The number of thiophene rings is 1. The van der Waals surface area contributed by atoms with Crippen molar-refractivity contribution < 1.29 is 9.59 Å². The summed E-state index contributed by atoms with van der Waals surface area (Å²) in [6.45, 7) is 7.84. The molecule has 1 unspecified atom stereocenters. The lowest BCUT2D eigenvalue weighted by Gasteiger charge is -2.28. The predicted molar refractivity (Wildman–Crippen MR) is 115 cm³/mol. The summed E-state index contributed by atoms with van der Waals surface area (Å²) in [4.78, 5) is 28.6. The Morgan fingerprint density at radius 2 is 1.96 bits per heavy atom. The molecule has 1 fully saturated rings. The average molecular weight is 399 g/mol. The van der Waals surface area contributed by atoms with E-state index in [1.807, 2.05) is 11.8 Å². The monoisotopic (exact) mass is 398 g/mol. The van der Waals surface area contributed by atoms with Crippen LogP contribution in [0.25, 0.3) is 10.4 Å². The number of carbonyl (C=O) groups is 2. The molecule has 2 amide bonds. The number of nitrogens with one attached hydrogen (secondary N) is 1. The van der Waals surface area contributed by atoms with Crippen LogP contribution >= 0.6 is 11.3 Å². The van der Waals surface area contributed by atoms with Gasteiger partial charge < -0.3 is 10.2 Å². The lowest BCUT2D eigenvalue weighted by Crippen LogP contribution is -2.45. The minimum atomic E-state index is -0.535. The summed E-state index contributed by atoms with van der Waals surface area (Å²) in [6.07, 6.45) is 1.92. The molecule has 0 saturated carbocycles. The number of amides is 2. The van der Waals surface area contributed by atoms with Crippen LogP contribution in [0.15, 0.2) is 41.8 Å². The highest BCUT2D eigenvalue weighted by Gasteiger charge is 2.45. The van der Waals surface area contributed by atoms with Gasteiger partial charge in [-0.25, -0.2) is 0 Å². The van der Waals surface area contributed by atoms with Gasteiger partial charge in [0, 0.05) is 30.9 Å². The molecule has 2 heterocycles. The number of rotatable bonds is 7. The molecular formula is C23H30N2O2S. The largest absolute Gasteiger partial charge is 0.356 e. The molecule has 2 aromatic rings. The first-order valence-corrected chi connectivity index (χ1v) is 11.0. The van der Waals surface area contributed by atoms with Gasteiger partial charge in [0.25, 0.3) is 0 Å². The van der Waals surface area contributed by atoms with Gasteiger partial charge >= 0.3 is 0 Å². The first kappa shape index (κ1) is 20.6. The van der Waals surface area contributed by atoms with Crippen LogP contribution in [0.1, 0.15) is 39.2 Å². The summed E-state index contributed by atoms with van der Waals surface area (Å²) < 4.78 is 0. The summed E-state index contributed by atoms with van der Waals surface area (Å²) in [5.41, 5.74) is 1.81. The Morgan fingerprint density at radius 3 is 2.57 bits per heavy atom. The molecule has 3 rings (SSSR count). The van der Waals surface area contributed by atoms with E-state index in [1.165, 1.54) is 10.4 Å². The number of hydrogen-bond acceptors (Lipinski definition) is 3. The molecule has 0 aliphatic carbocycles. The van der Waals surface area contributed by atoms with E-state index in [9.17, 15) is 9.59 Å². The maximum Gasteiger partial charge on any atom is 0.228 e. The fourth-order valence-corrected chi connectivity index (χ4v) is 4.68. The number of nitrogens with zero attached hydrogens (tertiary/aromatic N) is 1. The Labute approximate surface area is 172 Å². The highest BCUT2D eigenvalue weighted by molar-refractivity contribution is 7.13. The van der Waals surface area contributed by atoms with Gasteiger partial charge in [0.15, 0.2) is 0 Å². The molecule has 1 aliphatic heterocycles. The van der Waals surface area contributed by atoms with E-state index < -0.39 is 5.41 Å². The second kappa shape index (κ2) is 8.91. The third-order valence-corrected chi connectivity index (χ3v) is 6.33. The van der Waals surface area contributed by atoms with Crippen molar-refractivity contribution >= 4 is 23.2 Å². The zero-order chi connectivity index (χ0) is 20.1. The van der Waals surface area contributed by atoms with Gasteiger partial charge in [-0.15, -0.1) is 11.3 Å². The molecule has 4 nitrogen and oxygen atoms in total. The van der Waals surface area contributed by atoms with E-state index >= 15 is 0 Å². The van der Waals surface area contributed by atoms with Crippen molar-refractivity contribution in [3.63, 3.8) is 0 Å². The molecule has 28 heavy (non-hydrogen) atoms.